The number of ether oxygens (including phenoxy) is 1. The van der Waals surface area contributed by atoms with Gasteiger partial charge in [0.1, 0.15) is 5.75 Å². The predicted molar refractivity (Wildman–Crippen MR) is 80.2 cm³/mol. The molecule has 0 aromatic heterocycles. The zero-order valence-corrected chi connectivity index (χ0v) is 12.3. The van der Waals surface area contributed by atoms with E-state index in [1.54, 1.807) is 13.2 Å². The predicted octanol–water partition coefficient (Wildman–Crippen LogP) is 4.36. The fourth-order valence-electron chi connectivity index (χ4n) is 1.93. The summed E-state index contributed by atoms with van der Waals surface area (Å²) in [6.07, 6.45) is 0. The average molecular weight is 296 g/mol. The standard InChI is InChI=1S/C15H15Cl2NO/c1-9-7-10(3-6-13(9)16)15(18)12-5-4-11(19-2)8-14(12)17/h3-8,15H,18H2,1-2H3. The van der Waals surface area contributed by atoms with Gasteiger partial charge in [-0.25, -0.2) is 0 Å². The molecule has 0 aliphatic rings. The molecule has 2 aromatic rings. The molecule has 0 aliphatic carbocycles. The minimum absolute atomic E-state index is 0.283. The highest BCUT2D eigenvalue weighted by Gasteiger charge is 2.14. The Balaban J connectivity index is 2.38. The lowest BCUT2D eigenvalue weighted by Gasteiger charge is -2.16. The molecule has 2 nitrogen and oxygen atoms in total. The maximum atomic E-state index is 6.26. The van der Waals surface area contributed by atoms with Crippen molar-refractivity contribution in [2.45, 2.75) is 13.0 Å². The van der Waals surface area contributed by atoms with Crippen LogP contribution in [0.5, 0.6) is 5.75 Å². The molecule has 2 rings (SSSR count). The third-order valence-electron chi connectivity index (χ3n) is 3.08. The second-order valence-corrected chi connectivity index (χ2v) is 5.19. The number of aryl methyl sites for hydroxylation is 1. The number of hydrogen-bond acceptors (Lipinski definition) is 2. The van der Waals surface area contributed by atoms with Crippen LogP contribution in [0.15, 0.2) is 36.4 Å². The number of halogens is 2. The molecular weight excluding hydrogens is 281 g/mol. The number of methoxy groups -OCH3 is 1. The SMILES string of the molecule is COc1ccc(C(N)c2ccc(Cl)c(C)c2)c(Cl)c1. The molecule has 100 valence electrons. The zero-order valence-electron chi connectivity index (χ0n) is 10.8. The van der Waals surface area contributed by atoms with Crippen molar-refractivity contribution in [2.24, 2.45) is 5.73 Å². The Bertz CT molecular complexity index is 599. The first-order valence-corrected chi connectivity index (χ1v) is 6.63. The molecule has 1 unspecified atom stereocenters. The van der Waals surface area contributed by atoms with Gasteiger partial charge in [0, 0.05) is 10.0 Å². The lowest BCUT2D eigenvalue weighted by atomic mass is 9.98. The van der Waals surface area contributed by atoms with E-state index in [1.807, 2.05) is 37.3 Å². The Kier molecular flexibility index (Phi) is 4.35. The summed E-state index contributed by atoms with van der Waals surface area (Å²) in [4.78, 5) is 0. The topological polar surface area (TPSA) is 35.2 Å². The molecule has 1 atom stereocenters. The van der Waals surface area contributed by atoms with Crippen LogP contribution >= 0.6 is 23.2 Å². The van der Waals surface area contributed by atoms with E-state index in [4.69, 9.17) is 33.7 Å². The first kappa shape index (κ1) is 14.2. The highest BCUT2D eigenvalue weighted by Crippen LogP contribution is 2.31. The normalized spacial score (nSPS) is 12.3. The van der Waals surface area contributed by atoms with Gasteiger partial charge in [-0.3, -0.25) is 0 Å². The summed E-state index contributed by atoms with van der Waals surface area (Å²) in [6, 6.07) is 11.0. The fraction of sp³-hybridized carbons (Fsp3) is 0.200. The lowest BCUT2D eigenvalue weighted by Crippen LogP contribution is -2.12. The van der Waals surface area contributed by atoms with Crippen LogP contribution in [-0.4, -0.2) is 7.11 Å². The first-order chi connectivity index (χ1) is 9.02. The van der Waals surface area contributed by atoms with E-state index in [2.05, 4.69) is 0 Å². The summed E-state index contributed by atoms with van der Waals surface area (Å²) < 4.78 is 5.13. The summed E-state index contributed by atoms with van der Waals surface area (Å²) in [5.74, 6) is 0.716. The van der Waals surface area contributed by atoms with Crippen LogP contribution in [0.3, 0.4) is 0 Å². The highest BCUT2D eigenvalue weighted by molar-refractivity contribution is 6.31. The molecule has 0 bridgehead atoms. The molecule has 0 fully saturated rings. The van der Waals surface area contributed by atoms with Gasteiger partial charge >= 0.3 is 0 Å². The molecule has 0 spiro atoms. The maximum Gasteiger partial charge on any atom is 0.120 e. The van der Waals surface area contributed by atoms with Crippen LogP contribution in [0.25, 0.3) is 0 Å². The summed E-state index contributed by atoms with van der Waals surface area (Å²) >= 11 is 12.3. The fourth-order valence-corrected chi connectivity index (χ4v) is 2.33. The lowest BCUT2D eigenvalue weighted by molar-refractivity contribution is 0.414. The van der Waals surface area contributed by atoms with E-state index in [9.17, 15) is 0 Å². The molecule has 0 aliphatic heterocycles. The van der Waals surface area contributed by atoms with Gasteiger partial charge in [0.15, 0.2) is 0 Å². The van der Waals surface area contributed by atoms with E-state index in [0.29, 0.717) is 10.8 Å². The Morgan fingerprint density at radius 2 is 1.79 bits per heavy atom. The minimum Gasteiger partial charge on any atom is -0.497 e. The Morgan fingerprint density at radius 1 is 1.05 bits per heavy atom. The zero-order chi connectivity index (χ0) is 14.0. The molecule has 4 heteroatoms. The third kappa shape index (κ3) is 3.03. The summed E-state index contributed by atoms with van der Waals surface area (Å²) in [7, 11) is 1.60. The average Bonchev–Trinajstić information content (AvgIpc) is 2.41. The van der Waals surface area contributed by atoms with E-state index >= 15 is 0 Å². The molecule has 0 saturated carbocycles. The van der Waals surface area contributed by atoms with E-state index in [0.717, 1.165) is 21.7 Å². The monoisotopic (exact) mass is 295 g/mol. The molecule has 2 N–H and O–H groups in total. The van der Waals surface area contributed by atoms with Gasteiger partial charge in [-0.2, -0.15) is 0 Å². The molecule has 0 heterocycles. The number of rotatable bonds is 3. The largest absolute Gasteiger partial charge is 0.497 e. The van der Waals surface area contributed by atoms with Crippen molar-refractivity contribution in [2.75, 3.05) is 7.11 Å². The van der Waals surface area contributed by atoms with E-state index < -0.39 is 0 Å². The molecule has 2 aromatic carbocycles. The van der Waals surface area contributed by atoms with Crippen molar-refractivity contribution in [1.82, 2.24) is 0 Å². The van der Waals surface area contributed by atoms with Gasteiger partial charge in [-0.15, -0.1) is 0 Å². The molecule has 19 heavy (non-hydrogen) atoms. The van der Waals surface area contributed by atoms with Gasteiger partial charge in [-0.05, 0) is 41.8 Å². The molecular formula is C15H15Cl2NO. The van der Waals surface area contributed by atoms with Crippen LogP contribution in [0.4, 0.5) is 0 Å². The van der Waals surface area contributed by atoms with Crippen molar-refractivity contribution >= 4 is 23.2 Å². The second-order valence-electron chi connectivity index (χ2n) is 4.37. The molecule has 0 amide bonds. The minimum atomic E-state index is -0.283. The van der Waals surface area contributed by atoms with Gasteiger partial charge in [0.05, 0.1) is 13.2 Å². The maximum absolute atomic E-state index is 6.26. The summed E-state index contributed by atoms with van der Waals surface area (Å²) in [5.41, 5.74) is 9.10. The Hall–Kier alpha value is -1.22. The number of nitrogens with two attached hydrogens (primary N) is 1. The Labute approximate surface area is 123 Å². The van der Waals surface area contributed by atoms with Crippen molar-refractivity contribution < 1.29 is 4.74 Å². The smallest absolute Gasteiger partial charge is 0.120 e. The van der Waals surface area contributed by atoms with Crippen molar-refractivity contribution in [3.8, 4) is 5.75 Å². The number of hydrogen-bond donors (Lipinski definition) is 1. The second kappa shape index (κ2) is 5.83. The van der Waals surface area contributed by atoms with Crippen molar-refractivity contribution in [3.63, 3.8) is 0 Å². The van der Waals surface area contributed by atoms with Gasteiger partial charge in [0.25, 0.3) is 0 Å². The first-order valence-electron chi connectivity index (χ1n) is 5.88. The summed E-state index contributed by atoms with van der Waals surface area (Å²) in [6.45, 7) is 1.95. The van der Waals surface area contributed by atoms with Gasteiger partial charge in [-0.1, -0.05) is 41.4 Å². The quantitative estimate of drug-likeness (QED) is 0.913. The van der Waals surface area contributed by atoms with Crippen molar-refractivity contribution in [3.05, 3.63) is 63.1 Å². The highest BCUT2D eigenvalue weighted by atomic mass is 35.5. The van der Waals surface area contributed by atoms with Crippen LogP contribution < -0.4 is 10.5 Å². The van der Waals surface area contributed by atoms with Crippen molar-refractivity contribution in [1.29, 1.82) is 0 Å². The van der Waals surface area contributed by atoms with Crippen LogP contribution in [0.1, 0.15) is 22.7 Å². The van der Waals surface area contributed by atoms with E-state index in [-0.39, 0.29) is 6.04 Å². The van der Waals surface area contributed by atoms with E-state index in [1.165, 1.54) is 0 Å². The van der Waals surface area contributed by atoms with Crippen LogP contribution in [-0.2, 0) is 0 Å². The molecule has 0 saturated heterocycles. The number of benzene rings is 2. The Morgan fingerprint density at radius 3 is 2.37 bits per heavy atom. The van der Waals surface area contributed by atoms with Gasteiger partial charge in [0.2, 0.25) is 0 Å². The van der Waals surface area contributed by atoms with Crippen LogP contribution in [0.2, 0.25) is 10.0 Å². The molecule has 0 radical (unpaired) electrons. The van der Waals surface area contributed by atoms with Crippen LogP contribution in [0, 0.1) is 6.92 Å². The summed E-state index contributed by atoms with van der Waals surface area (Å²) in [5, 5.41) is 1.33. The third-order valence-corrected chi connectivity index (χ3v) is 3.84. The van der Waals surface area contributed by atoms with Gasteiger partial charge < -0.3 is 10.5 Å².